The molecule has 0 unspecified atom stereocenters. The first-order valence-electron chi connectivity index (χ1n) is 4.91. The van der Waals surface area contributed by atoms with Crippen molar-refractivity contribution in [3.05, 3.63) is 47.9 Å². The van der Waals surface area contributed by atoms with Crippen molar-refractivity contribution in [2.24, 2.45) is 0 Å². The molecule has 2 rings (SSSR count). The minimum Gasteiger partial charge on any atom is -0.227 e. The van der Waals surface area contributed by atoms with Crippen LogP contribution in [0.5, 0.6) is 0 Å². The summed E-state index contributed by atoms with van der Waals surface area (Å²) in [5, 5.41) is 8.64. The number of hydrogen-bond acceptors (Lipinski definition) is 3. The average Bonchev–Trinajstić information content (AvgIpc) is 2.38. The van der Waals surface area contributed by atoms with Crippen LogP contribution in [0, 0.1) is 11.3 Å². The molecule has 0 amide bonds. The Balaban J connectivity index is 2.48. The number of halogens is 3. The lowest BCUT2D eigenvalue weighted by atomic mass is 10.1. The van der Waals surface area contributed by atoms with Gasteiger partial charge in [-0.1, -0.05) is 12.1 Å². The van der Waals surface area contributed by atoms with Crippen LogP contribution in [0.2, 0.25) is 0 Å². The monoisotopic (exact) mass is 249 g/mol. The Morgan fingerprint density at radius 1 is 1.17 bits per heavy atom. The lowest BCUT2D eigenvalue weighted by Crippen LogP contribution is -2.04. The highest BCUT2D eigenvalue weighted by Gasteiger charge is 2.30. The number of rotatable bonds is 1. The van der Waals surface area contributed by atoms with E-state index in [-0.39, 0.29) is 11.5 Å². The van der Waals surface area contributed by atoms with Crippen molar-refractivity contribution >= 4 is 0 Å². The zero-order chi connectivity index (χ0) is 13.2. The van der Waals surface area contributed by atoms with Gasteiger partial charge in [0.1, 0.15) is 6.07 Å². The second-order valence-electron chi connectivity index (χ2n) is 3.46. The zero-order valence-corrected chi connectivity index (χ0v) is 8.94. The van der Waals surface area contributed by atoms with Gasteiger partial charge in [-0.3, -0.25) is 0 Å². The number of hydrogen-bond donors (Lipinski definition) is 0. The Kier molecular flexibility index (Phi) is 2.98. The maximum Gasteiger partial charge on any atom is 0.416 e. The third-order valence-electron chi connectivity index (χ3n) is 2.24. The average molecular weight is 249 g/mol. The third-order valence-corrected chi connectivity index (χ3v) is 2.24. The van der Waals surface area contributed by atoms with Crippen molar-refractivity contribution in [3.63, 3.8) is 0 Å². The second-order valence-corrected chi connectivity index (χ2v) is 3.46. The summed E-state index contributed by atoms with van der Waals surface area (Å²) >= 11 is 0. The van der Waals surface area contributed by atoms with E-state index in [1.807, 2.05) is 0 Å². The van der Waals surface area contributed by atoms with E-state index in [0.717, 1.165) is 12.1 Å². The largest absolute Gasteiger partial charge is 0.416 e. The third kappa shape index (κ3) is 2.46. The summed E-state index contributed by atoms with van der Waals surface area (Å²) in [6.07, 6.45) is -3.07. The van der Waals surface area contributed by atoms with E-state index in [4.69, 9.17) is 5.26 Å². The van der Waals surface area contributed by atoms with Crippen LogP contribution < -0.4 is 0 Å². The van der Waals surface area contributed by atoms with Crippen LogP contribution in [0.3, 0.4) is 0 Å². The highest BCUT2D eigenvalue weighted by molar-refractivity contribution is 5.60. The molecule has 0 N–H and O–H groups in total. The van der Waals surface area contributed by atoms with Crippen LogP contribution >= 0.6 is 0 Å². The van der Waals surface area contributed by atoms with Crippen molar-refractivity contribution in [2.45, 2.75) is 6.18 Å². The van der Waals surface area contributed by atoms with Gasteiger partial charge < -0.3 is 0 Å². The predicted octanol–water partition coefficient (Wildman–Crippen LogP) is 3.03. The summed E-state index contributed by atoms with van der Waals surface area (Å²) in [7, 11) is 0. The molecule has 0 aliphatic carbocycles. The predicted molar refractivity (Wildman–Crippen MR) is 57.2 cm³/mol. The highest BCUT2D eigenvalue weighted by Crippen LogP contribution is 2.31. The summed E-state index contributed by atoms with van der Waals surface area (Å²) in [5.41, 5.74) is -0.173. The Labute approximate surface area is 101 Å². The van der Waals surface area contributed by atoms with Crippen molar-refractivity contribution in [1.29, 1.82) is 5.26 Å². The molecule has 18 heavy (non-hydrogen) atoms. The minimum atomic E-state index is -4.40. The fourth-order valence-electron chi connectivity index (χ4n) is 1.43. The van der Waals surface area contributed by atoms with Gasteiger partial charge in [0, 0.05) is 11.8 Å². The SMILES string of the molecule is N#Cc1nccc(-c2cccc(C(F)(F)F)c2)n1. The van der Waals surface area contributed by atoms with Crippen molar-refractivity contribution in [1.82, 2.24) is 9.97 Å². The normalized spacial score (nSPS) is 11.0. The minimum absolute atomic E-state index is 0.0788. The first-order valence-corrected chi connectivity index (χ1v) is 4.91. The molecule has 0 atom stereocenters. The molecule has 1 aromatic carbocycles. The molecule has 90 valence electrons. The molecule has 6 heteroatoms. The number of alkyl halides is 3. The van der Waals surface area contributed by atoms with Gasteiger partial charge in [0.15, 0.2) is 0 Å². The van der Waals surface area contributed by atoms with Crippen LogP contribution in [-0.4, -0.2) is 9.97 Å². The van der Waals surface area contributed by atoms with Crippen LogP contribution in [0.4, 0.5) is 13.2 Å². The molecule has 0 radical (unpaired) electrons. The molecular weight excluding hydrogens is 243 g/mol. The van der Waals surface area contributed by atoms with Gasteiger partial charge in [0.05, 0.1) is 11.3 Å². The summed E-state index contributed by atoms with van der Waals surface area (Å²) in [5.74, 6) is -0.0788. The maximum atomic E-state index is 12.5. The van der Waals surface area contributed by atoms with E-state index in [1.165, 1.54) is 24.4 Å². The zero-order valence-electron chi connectivity index (χ0n) is 8.94. The second kappa shape index (κ2) is 4.45. The standard InChI is InChI=1S/C12H6F3N3/c13-12(14,15)9-3-1-2-8(6-9)10-4-5-17-11(7-16)18-10/h1-6H. The van der Waals surface area contributed by atoms with Crippen molar-refractivity contribution < 1.29 is 13.2 Å². The fourth-order valence-corrected chi connectivity index (χ4v) is 1.43. The smallest absolute Gasteiger partial charge is 0.227 e. The number of nitriles is 1. The molecule has 0 saturated carbocycles. The lowest BCUT2D eigenvalue weighted by molar-refractivity contribution is -0.137. The van der Waals surface area contributed by atoms with E-state index in [9.17, 15) is 13.2 Å². The van der Waals surface area contributed by atoms with E-state index >= 15 is 0 Å². The maximum absolute atomic E-state index is 12.5. The van der Waals surface area contributed by atoms with Crippen LogP contribution in [0.25, 0.3) is 11.3 Å². The molecule has 3 nitrogen and oxygen atoms in total. The van der Waals surface area contributed by atoms with Crippen molar-refractivity contribution in [3.8, 4) is 17.3 Å². The summed E-state index contributed by atoms with van der Waals surface area (Å²) < 4.78 is 37.6. The molecule has 0 fully saturated rings. The van der Waals surface area contributed by atoms with E-state index in [0.29, 0.717) is 5.56 Å². The Bertz CT molecular complexity index is 614. The lowest BCUT2D eigenvalue weighted by Gasteiger charge is -2.08. The molecule has 0 bridgehead atoms. The number of nitrogens with zero attached hydrogens (tertiary/aromatic N) is 3. The van der Waals surface area contributed by atoms with E-state index in [2.05, 4.69) is 9.97 Å². The molecule has 0 saturated heterocycles. The van der Waals surface area contributed by atoms with Gasteiger partial charge in [-0.05, 0) is 18.2 Å². The van der Waals surface area contributed by atoms with Gasteiger partial charge in [0.2, 0.25) is 5.82 Å². The Morgan fingerprint density at radius 2 is 1.94 bits per heavy atom. The molecule has 1 heterocycles. The molecule has 0 spiro atoms. The van der Waals surface area contributed by atoms with Gasteiger partial charge in [0.25, 0.3) is 0 Å². The highest BCUT2D eigenvalue weighted by atomic mass is 19.4. The first kappa shape index (κ1) is 12.0. The summed E-state index contributed by atoms with van der Waals surface area (Å²) in [6.45, 7) is 0. The van der Waals surface area contributed by atoms with E-state index in [1.54, 1.807) is 6.07 Å². The quantitative estimate of drug-likeness (QED) is 0.780. The van der Waals surface area contributed by atoms with Gasteiger partial charge in [-0.25, -0.2) is 9.97 Å². The fraction of sp³-hybridized carbons (Fsp3) is 0.0833. The van der Waals surface area contributed by atoms with Crippen LogP contribution in [0.15, 0.2) is 36.5 Å². The number of aromatic nitrogens is 2. The van der Waals surface area contributed by atoms with E-state index < -0.39 is 11.7 Å². The van der Waals surface area contributed by atoms with Gasteiger partial charge in [-0.2, -0.15) is 18.4 Å². The summed E-state index contributed by atoms with van der Waals surface area (Å²) in [4.78, 5) is 7.51. The first-order chi connectivity index (χ1) is 8.50. The van der Waals surface area contributed by atoms with Gasteiger partial charge in [-0.15, -0.1) is 0 Å². The molecular formula is C12H6F3N3. The molecule has 1 aromatic heterocycles. The summed E-state index contributed by atoms with van der Waals surface area (Å²) in [6, 6.07) is 7.96. The Morgan fingerprint density at radius 3 is 2.61 bits per heavy atom. The Hall–Kier alpha value is -2.42. The van der Waals surface area contributed by atoms with Gasteiger partial charge >= 0.3 is 6.18 Å². The van der Waals surface area contributed by atoms with Crippen LogP contribution in [-0.2, 0) is 6.18 Å². The topological polar surface area (TPSA) is 49.6 Å². The van der Waals surface area contributed by atoms with Crippen LogP contribution in [0.1, 0.15) is 11.4 Å². The molecule has 0 aliphatic heterocycles. The van der Waals surface area contributed by atoms with Crippen molar-refractivity contribution in [2.75, 3.05) is 0 Å². The molecule has 0 aliphatic rings. The number of benzene rings is 1. The molecule has 2 aromatic rings.